The molecule has 0 unspecified atom stereocenters. The molecular formula is C31H51N3O9Si2. The van der Waals surface area contributed by atoms with Crippen molar-refractivity contribution in [1.82, 2.24) is 9.13 Å². The number of aliphatic hydroxyl groups is 1. The number of carboxylic acid groups (broad SMARTS) is 1. The van der Waals surface area contributed by atoms with E-state index >= 15 is 0 Å². The number of methoxy groups -OCH3 is 1. The number of aliphatic carboxylic acids is 1. The molecule has 2 heterocycles. The molecule has 0 aliphatic carbocycles. The Morgan fingerprint density at radius 3 is 1.93 bits per heavy atom. The second kappa shape index (κ2) is 13.3. The zero-order valence-electron chi connectivity index (χ0n) is 28.4. The highest BCUT2D eigenvalue weighted by molar-refractivity contribution is 6.74. The number of nitrogens with zero attached hydrogens (tertiary/aromatic N) is 2. The van der Waals surface area contributed by atoms with Crippen LogP contribution in [0, 0.1) is 0 Å². The molecule has 12 nitrogen and oxygen atoms in total. The van der Waals surface area contributed by atoms with E-state index < -0.39 is 70.5 Å². The standard InChI is InChI=1S/C31H51N3O9Si2/c1-30(2,3)44(8,9)42-25-24(23(36)22(32)28(37)38)41-27(26(25)43-45(10,11)31(4,5)6)33-17-16-21(35)34(29(33)39)18-19-12-14-20(40-7)15-13-19/h12-17,22-27,36H,18,32H2,1-11H3,(H,37,38)/t22-,23+,24+,25+,26+,27+/m0/s1. The van der Waals surface area contributed by atoms with Crippen LogP contribution < -0.4 is 21.7 Å². The molecule has 1 fully saturated rings. The fraction of sp³-hybridized carbons (Fsp3) is 0.645. The van der Waals surface area contributed by atoms with Gasteiger partial charge in [0.05, 0.1) is 13.7 Å². The number of aliphatic hydroxyl groups excluding tert-OH is 1. The molecule has 2 aromatic rings. The summed E-state index contributed by atoms with van der Waals surface area (Å²) in [5.74, 6) is -0.772. The van der Waals surface area contributed by atoms with Crippen LogP contribution in [0.5, 0.6) is 5.75 Å². The number of hydrogen-bond acceptors (Lipinski definition) is 9. The first-order valence-electron chi connectivity index (χ1n) is 15.1. The zero-order chi connectivity index (χ0) is 34.3. The van der Waals surface area contributed by atoms with Crippen molar-refractivity contribution in [2.45, 2.75) is 121 Å². The summed E-state index contributed by atoms with van der Waals surface area (Å²) in [7, 11) is -3.65. The average Bonchev–Trinajstić information content (AvgIpc) is 3.25. The van der Waals surface area contributed by atoms with E-state index in [1.165, 1.54) is 16.8 Å². The fourth-order valence-electron chi connectivity index (χ4n) is 4.59. The molecule has 0 saturated carbocycles. The van der Waals surface area contributed by atoms with Crippen molar-refractivity contribution >= 4 is 22.6 Å². The Balaban J connectivity index is 2.22. The van der Waals surface area contributed by atoms with Crippen molar-refractivity contribution in [3.63, 3.8) is 0 Å². The fourth-order valence-corrected chi connectivity index (χ4v) is 7.18. The molecule has 0 bridgehead atoms. The van der Waals surface area contributed by atoms with Crippen molar-refractivity contribution in [3.05, 3.63) is 62.9 Å². The minimum atomic E-state index is -2.60. The Labute approximate surface area is 267 Å². The molecule has 1 aliphatic heterocycles. The van der Waals surface area contributed by atoms with E-state index in [1.807, 2.05) is 26.2 Å². The van der Waals surface area contributed by atoms with E-state index in [-0.39, 0.29) is 16.6 Å². The van der Waals surface area contributed by atoms with Gasteiger partial charge < -0.3 is 34.3 Å². The van der Waals surface area contributed by atoms with Gasteiger partial charge >= 0.3 is 11.7 Å². The minimum absolute atomic E-state index is 0.0111. The van der Waals surface area contributed by atoms with E-state index in [0.29, 0.717) is 11.3 Å². The third-order valence-electron chi connectivity index (χ3n) is 9.56. The predicted octanol–water partition coefficient (Wildman–Crippen LogP) is 3.52. The van der Waals surface area contributed by atoms with Gasteiger partial charge in [0, 0.05) is 12.3 Å². The number of aromatic nitrogens is 2. The van der Waals surface area contributed by atoms with E-state index in [4.69, 9.17) is 24.1 Å². The largest absolute Gasteiger partial charge is 0.497 e. The van der Waals surface area contributed by atoms with Gasteiger partial charge in [-0.1, -0.05) is 53.7 Å². The number of rotatable bonds is 11. The molecule has 3 rings (SSSR count). The molecular weight excluding hydrogens is 615 g/mol. The topological polar surface area (TPSA) is 164 Å². The summed E-state index contributed by atoms with van der Waals surface area (Å²) in [5.41, 5.74) is 5.47. The van der Waals surface area contributed by atoms with Crippen LogP contribution in [0.3, 0.4) is 0 Å². The third-order valence-corrected chi connectivity index (χ3v) is 18.5. The van der Waals surface area contributed by atoms with Gasteiger partial charge in [-0.05, 0) is 54.0 Å². The molecule has 6 atom stereocenters. The summed E-state index contributed by atoms with van der Waals surface area (Å²) in [6.45, 7) is 20.5. The maximum absolute atomic E-state index is 14.0. The summed E-state index contributed by atoms with van der Waals surface area (Å²) >= 11 is 0. The van der Waals surface area contributed by atoms with Crippen LogP contribution in [0.15, 0.2) is 46.1 Å². The predicted molar refractivity (Wildman–Crippen MR) is 177 cm³/mol. The van der Waals surface area contributed by atoms with Gasteiger partial charge in [0.15, 0.2) is 22.9 Å². The Hall–Kier alpha value is -2.60. The molecule has 1 saturated heterocycles. The average molecular weight is 666 g/mol. The Morgan fingerprint density at radius 2 is 1.47 bits per heavy atom. The summed E-state index contributed by atoms with van der Waals surface area (Å²) in [5, 5.41) is 20.5. The van der Waals surface area contributed by atoms with Crippen molar-refractivity contribution in [3.8, 4) is 5.75 Å². The number of nitrogens with two attached hydrogens (primary N) is 1. The first-order valence-corrected chi connectivity index (χ1v) is 21.0. The molecule has 0 radical (unpaired) electrons. The van der Waals surface area contributed by atoms with Gasteiger partial charge in [0.1, 0.15) is 36.2 Å². The smallest absolute Gasteiger partial charge is 0.333 e. The van der Waals surface area contributed by atoms with Crippen molar-refractivity contribution < 1.29 is 33.3 Å². The molecule has 252 valence electrons. The lowest BCUT2D eigenvalue weighted by Gasteiger charge is -2.44. The lowest BCUT2D eigenvalue weighted by atomic mass is 10.0. The Bertz CT molecular complexity index is 1460. The van der Waals surface area contributed by atoms with Crippen LogP contribution >= 0.6 is 0 Å². The second-order valence-electron chi connectivity index (χ2n) is 14.8. The molecule has 0 spiro atoms. The number of carbonyl (C=O) groups is 1. The normalized spacial score (nSPS) is 22.7. The van der Waals surface area contributed by atoms with Crippen molar-refractivity contribution in [2.24, 2.45) is 5.73 Å². The van der Waals surface area contributed by atoms with Crippen LogP contribution in [0.1, 0.15) is 53.3 Å². The highest BCUT2D eigenvalue weighted by Crippen LogP contribution is 2.46. The quantitative estimate of drug-likeness (QED) is 0.303. The summed E-state index contributed by atoms with van der Waals surface area (Å²) in [6.07, 6.45) is -4.67. The summed E-state index contributed by atoms with van der Waals surface area (Å²) < 4.78 is 27.8. The number of benzene rings is 1. The Kier molecular flexibility index (Phi) is 10.9. The second-order valence-corrected chi connectivity index (χ2v) is 24.3. The van der Waals surface area contributed by atoms with Crippen LogP contribution in [-0.2, 0) is 24.9 Å². The molecule has 1 aromatic heterocycles. The van der Waals surface area contributed by atoms with E-state index in [1.54, 1.807) is 31.4 Å². The van der Waals surface area contributed by atoms with E-state index in [9.17, 15) is 24.6 Å². The lowest BCUT2D eigenvalue weighted by molar-refractivity contribution is -0.147. The van der Waals surface area contributed by atoms with E-state index in [2.05, 4.69) is 41.5 Å². The van der Waals surface area contributed by atoms with Crippen LogP contribution in [0.2, 0.25) is 36.3 Å². The summed E-state index contributed by atoms with van der Waals surface area (Å²) in [4.78, 5) is 38.9. The Morgan fingerprint density at radius 1 is 0.956 bits per heavy atom. The molecule has 4 N–H and O–H groups in total. The van der Waals surface area contributed by atoms with Gasteiger partial charge in [-0.25, -0.2) is 4.79 Å². The SMILES string of the molecule is COc1ccc(Cn2c(=O)ccn([C@@H]3O[C@H]([C@H](O)[C@H](N)C(=O)O)[C@@H](O[Si](C)(C)C(C)(C)C)[C@H]3O[Si](C)(C)C(C)(C)C)c2=O)cc1. The molecule has 0 amide bonds. The van der Waals surface area contributed by atoms with Crippen LogP contribution in [-0.4, -0.2) is 79.5 Å². The van der Waals surface area contributed by atoms with Gasteiger partial charge in [-0.3, -0.25) is 18.7 Å². The van der Waals surface area contributed by atoms with Crippen LogP contribution in [0.25, 0.3) is 0 Å². The highest BCUT2D eigenvalue weighted by Gasteiger charge is 2.57. The maximum Gasteiger partial charge on any atom is 0.333 e. The molecule has 1 aromatic carbocycles. The minimum Gasteiger partial charge on any atom is -0.497 e. The zero-order valence-corrected chi connectivity index (χ0v) is 30.4. The molecule has 14 heteroatoms. The first kappa shape index (κ1) is 36.9. The van der Waals surface area contributed by atoms with Crippen molar-refractivity contribution in [1.29, 1.82) is 0 Å². The van der Waals surface area contributed by atoms with Gasteiger partial charge in [0.25, 0.3) is 5.56 Å². The van der Waals surface area contributed by atoms with Crippen molar-refractivity contribution in [2.75, 3.05) is 7.11 Å². The van der Waals surface area contributed by atoms with Crippen LogP contribution in [0.4, 0.5) is 0 Å². The van der Waals surface area contributed by atoms with E-state index in [0.717, 1.165) is 4.57 Å². The third kappa shape index (κ3) is 7.87. The number of ether oxygens (including phenoxy) is 2. The molecule has 1 aliphatic rings. The highest BCUT2D eigenvalue weighted by atomic mass is 28.4. The van der Waals surface area contributed by atoms with Gasteiger partial charge in [-0.15, -0.1) is 0 Å². The maximum atomic E-state index is 14.0. The number of carboxylic acids is 1. The summed E-state index contributed by atoms with van der Waals surface area (Å²) in [6, 6.07) is 6.60. The monoisotopic (exact) mass is 665 g/mol. The molecule has 45 heavy (non-hydrogen) atoms. The first-order chi connectivity index (χ1) is 20.5. The lowest BCUT2D eigenvalue weighted by Crippen LogP contribution is -2.58. The number of hydrogen-bond donors (Lipinski definition) is 3. The van der Waals surface area contributed by atoms with Gasteiger partial charge in [-0.2, -0.15) is 0 Å². The van der Waals surface area contributed by atoms with Gasteiger partial charge in [0.2, 0.25) is 0 Å².